The minimum atomic E-state index is 0.109. The lowest BCUT2D eigenvalue weighted by atomic mass is 10.2. The molecule has 2 nitrogen and oxygen atoms in total. The lowest BCUT2D eigenvalue weighted by Crippen LogP contribution is -1.82. The number of carbonyl (C=O) groups excluding carboxylic acids is 1. The Bertz CT molecular complexity index is 407. The second-order valence-corrected chi connectivity index (χ2v) is 5.94. The van der Waals surface area contributed by atoms with Crippen LogP contribution in [0.5, 0.6) is 5.75 Å². The van der Waals surface area contributed by atoms with E-state index in [1.807, 2.05) is 24.3 Å². The molecule has 1 aromatic carbocycles. The third-order valence-corrected chi connectivity index (χ3v) is 3.71. The number of aromatic hydroxyl groups is 1. The molecule has 0 radical (unpaired) electrons. The van der Waals surface area contributed by atoms with Gasteiger partial charge >= 0.3 is 0 Å². The Labute approximate surface area is 115 Å². The van der Waals surface area contributed by atoms with E-state index < -0.39 is 0 Å². The molecular weight excluding hydrogens is 356 g/mol. The summed E-state index contributed by atoms with van der Waals surface area (Å²) in [4.78, 5) is 10.7. The minimum absolute atomic E-state index is 0.109. The van der Waals surface area contributed by atoms with Gasteiger partial charge in [0.2, 0.25) is 0 Å². The molecule has 0 unspecified atom stereocenters. The average molecular weight is 366 g/mol. The number of rotatable bonds is 3. The fourth-order valence-electron chi connectivity index (χ4n) is 1.03. The van der Waals surface area contributed by atoms with Gasteiger partial charge in [-0.15, -0.1) is 0 Å². The van der Waals surface area contributed by atoms with Gasteiger partial charge in [0.15, 0.2) is 5.12 Å². The highest BCUT2D eigenvalue weighted by Crippen LogP contribution is 2.33. The maximum atomic E-state index is 10.7. The molecule has 0 aliphatic carbocycles. The SMILES string of the molecule is CC(=O)SCC=Cc1cc(Br)c(O)c(Br)c1. The number of halogens is 2. The lowest BCUT2D eigenvalue weighted by Gasteiger charge is -2.02. The normalized spacial score (nSPS) is 10.9. The quantitative estimate of drug-likeness (QED) is 0.871. The number of phenolic OH excluding ortho intramolecular Hbond substituents is 1. The number of thioether (sulfide) groups is 1. The van der Waals surface area contributed by atoms with Crippen LogP contribution in [0.3, 0.4) is 0 Å². The van der Waals surface area contributed by atoms with E-state index in [9.17, 15) is 9.90 Å². The largest absolute Gasteiger partial charge is 0.506 e. The van der Waals surface area contributed by atoms with Gasteiger partial charge in [0.05, 0.1) is 8.95 Å². The van der Waals surface area contributed by atoms with E-state index in [1.165, 1.54) is 11.8 Å². The molecule has 0 saturated carbocycles. The molecule has 1 aromatic rings. The first-order chi connectivity index (χ1) is 7.50. The number of benzene rings is 1. The zero-order valence-corrected chi connectivity index (χ0v) is 12.5. The molecule has 1 N–H and O–H groups in total. The first kappa shape index (κ1) is 13.8. The van der Waals surface area contributed by atoms with Crippen molar-refractivity contribution in [3.8, 4) is 5.75 Å². The molecule has 16 heavy (non-hydrogen) atoms. The van der Waals surface area contributed by atoms with Gasteiger partial charge in [0.1, 0.15) is 5.75 Å². The van der Waals surface area contributed by atoms with Crippen LogP contribution in [-0.2, 0) is 4.79 Å². The zero-order chi connectivity index (χ0) is 12.1. The standard InChI is InChI=1S/C11H10Br2O2S/c1-7(14)16-4-2-3-8-5-9(12)11(15)10(13)6-8/h2-3,5-6,15H,4H2,1H3. The summed E-state index contributed by atoms with van der Waals surface area (Å²) in [5.41, 5.74) is 0.959. The van der Waals surface area contributed by atoms with E-state index in [0.717, 1.165) is 5.56 Å². The highest BCUT2D eigenvalue weighted by molar-refractivity contribution is 9.11. The Kier molecular flexibility index (Phi) is 5.58. The second-order valence-electron chi connectivity index (χ2n) is 3.04. The third-order valence-electron chi connectivity index (χ3n) is 1.73. The number of hydrogen-bond acceptors (Lipinski definition) is 3. The van der Waals surface area contributed by atoms with Crippen molar-refractivity contribution in [2.45, 2.75) is 6.92 Å². The average Bonchev–Trinajstić information content (AvgIpc) is 2.20. The predicted molar refractivity (Wildman–Crippen MR) is 75.7 cm³/mol. The van der Waals surface area contributed by atoms with Gasteiger partial charge in [-0.3, -0.25) is 4.79 Å². The predicted octanol–water partition coefficient (Wildman–Crippen LogP) is 4.21. The van der Waals surface area contributed by atoms with Crippen LogP contribution in [0.15, 0.2) is 27.2 Å². The molecule has 0 amide bonds. The first-order valence-electron chi connectivity index (χ1n) is 4.48. The van der Waals surface area contributed by atoms with Crippen molar-refractivity contribution in [3.63, 3.8) is 0 Å². The van der Waals surface area contributed by atoms with Crippen LogP contribution in [-0.4, -0.2) is 16.0 Å². The maximum Gasteiger partial charge on any atom is 0.186 e. The zero-order valence-electron chi connectivity index (χ0n) is 8.54. The molecule has 0 aliphatic heterocycles. The summed E-state index contributed by atoms with van der Waals surface area (Å²) in [6, 6.07) is 3.63. The van der Waals surface area contributed by atoms with Crippen molar-refractivity contribution in [2.24, 2.45) is 0 Å². The van der Waals surface area contributed by atoms with Crippen molar-refractivity contribution < 1.29 is 9.90 Å². The molecule has 0 spiro atoms. The van der Waals surface area contributed by atoms with Crippen LogP contribution in [0.2, 0.25) is 0 Å². The van der Waals surface area contributed by atoms with Crippen molar-refractivity contribution in [1.82, 2.24) is 0 Å². The van der Waals surface area contributed by atoms with Crippen molar-refractivity contribution >= 4 is 54.8 Å². The van der Waals surface area contributed by atoms with Gasteiger partial charge in [-0.2, -0.15) is 0 Å². The van der Waals surface area contributed by atoms with Crippen LogP contribution in [0.25, 0.3) is 6.08 Å². The summed E-state index contributed by atoms with van der Waals surface area (Å²) in [7, 11) is 0. The topological polar surface area (TPSA) is 37.3 Å². The highest BCUT2D eigenvalue weighted by Gasteiger charge is 2.03. The molecule has 0 heterocycles. The minimum Gasteiger partial charge on any atom is -0.506 e. The van der Waals surface area contributed by atoms with Gasteiger partial charge in [-0.1, -0.05) is 23.9 Å². The van der Waals surface area contributed by atoms with E-state index in [2.05, 4.69) is 31.9 Å². The number of carbonyl (C=O) groups is 1. The molecule has 0 aromatic heterocycles. The maximum absolute atomic E-state index is 10.7. The Balaban J connectivity index is 2.71. The van der Waals surface area contributed by atoms with E-state index in [4.69, 9.17) is 0 Å². The molecule has 0 atom stereocenters. The Hall–Kier alpha value is -0.260. The van der Waals surface area contributed by atoms with Crippen LogP contribution < -0.4 is 0 Å². The van der Waals surface area contributed by atoms with Crippen molar-refractivity contribution in [2.75, 3.05) is 5.75 Å². The van der Waals surface area contributed by atoms with E-state index in [1.54, 1.807) is 6.92 Å². The Morgan fingerprint density at radius 1 is 1.44 bits per heavy atom. The molecule has 0 aliphatic rings. The van der Waals surface area contributed by atoms with Gasteiger partial charge in [-0.25, -0.2) is 0 Å². The van der Waals surface area contributed by atoms with Crippen LogP contribution >= 0.6 is 43.6 Å². The molecule has 0 bridgehead atoms. The smallest absolute Gasteiger partial charge is 0.186 e. The summed E-state index contributed by atoms with van der Waals surface area (Å²) in [6.07, 6.45) is 3.82. The van der Waals surface area contributed by atoms with Gasteiger partial charge < -0.3 is 5.11 Å². The number of hydrogen-bond donors (Lipinski definition) is 1. The highest BCUT2D eigenvalue weighted by atomic mass is 79.9. The molecule has 0 fully saturated rings. The fourth-order valence-corrected chi connectivity index (χ4v) is 2.68. The lowest BCUT2D eigenvalue weighted by molar-refractivity contribution is -0.109. The summed E-state index contributed by atoms with van der Waals surface area (Å²) < 4.78 is 1.28. The van der Waals surface area contributed by atoms with Gasteiger partial charge in [0, 0.05) is 12.7 Å². The molecule has 0 saturated heterocycles. The molecule has 86 valence electrons. The van der Waals surface area contributed by atoms with Crippen LogP contribution in [0.1, 0.15) is 12.5 Å². The summed E-state index contributed by atoms with van der Waals surface area (Å²) >= 11 is 7.78. The van der Waals surface area contributed by atoms with Gasteiger partial charge in [-0.05, 0) is 49.6 Å². The summed E-state index contributed by atoms with van der Waals surface area (Å²) in [5, 5.41) is 9.62. The van der Waals surface area contributed by atoms with Crippen molar-refractivity contribution in [3.05, 3.63) is 32.7 Å². The first-order valence-corrected chi connectivity index (χ1v) is 7.06. The molecule has 1 rings (SSSR count). The fraction of sp³-hybridized carbons (Fsp3) is 0.182. The van der Waals surface area contributed by atoms with Crippen LogP contribution in [0, 0.1) is 0 Å². The van der Waals surface area contributed by atoms with Crippen LogP contribution in [0.4, 0.5) is 0 Å². The number of phenols is 1. The third kappa shape index (κ3) is 4.31. The van der Waals surface area contributed by atoms with Crippen molar-refractivity contribution in [1.29, 1.82) is 0 Å². The van der Waals surface area contributed by atoms with E-state index in [0.29, 0.717) is 14.7 Å². The van der Waals surface area contributed by atoms with E-state index in [-0.39, 0.29) is 10.9 Å². The molecule has 5 heteroatoms. The van der Waals surface area contributed by atoms with Gasteiger partial charge in [0.25, 0.3) is 0 Å². The Morgan fingerprint density at radius 2 is 2.00 bits per heavy atom. The Morgan fingerprint density at radius 3 is 2.50 bits per heavy atom. The molecular formula is C11H10Br2O2S. The summed E-state index contributed by atoms with van der Waals surface area (Å²) in [6.45, 7) is 1.55. The monoisotopic (exact) mass is 364 g/mol. The second kappa shape index (κ2) is 6.47. The van der Waals surface area contributed by atoms with E-state index >= 15 is 0 Å². The summed E-state index contributed by atoms with van der Waals surface area (Å²) in [5.74, 6) is 0.848.